The molecule has 3 rings (SSSR count). The molecule has 0 aromatic carbocycles. The number of hydrogen-bond donors (Lipinski definition) is 0. The molecule has 0 N–H and O–H groups in total. The van der Waals surface area contributed by atoms with Crippen LogP contribution in [-0.2, 0) is 14.3 Å². The van der Waals surface area contributed by atoms with Gasteiger partial charge in [-0.15, -0.1) is 0 Å². The van der Waals surface area contributed by atoms with Crippen LogP contribution in [0.4, 0.5) is 4.79 Å². The predicted molar refractivity (Wildman–Crippen MR) is 96.4 cm³/mol. The minimum absolute atomic E-state index is 0.0188. The molecule has 26 heavy (non-hydrogen) atoms. The molecule has 1 saturated carbocycles. The Morgan fingerprint density at radius 2 is 1.81 bits per heavy atom. The van der Waals surface area contributed by atoms with Crippen molar-refractivity contribution in [1.29, 1.82) is 0 Å². The van der Waals surface area contributed by atoms with Gasteiger partial charge in [-0.25, -0.2) is 4.79 Å². The fraction of sp³-hybridized carbons (Fsp3) is 0.842. The molecular formula is C19H31N3O4. The van der Waals surface area contributed by atoms with Gasteiger partial charge >= 0.3 is 6.09 Å². The number of ether oxygens (including phenoxy) is 1. The molecule has 3 aliphatic rings. The lowest BCUT2D eigenvalue weighted by atomic mass is 9.74. The Morgan fingerprint density at radius 1 is 1.08 bits per heavy atom. The molecule has 1 aliphatic carbocycles. The van der Waals surface area contributed by atoms with E-state index in [0.29, 0.717) is 32.7 Å². The summed E-state index contributed by atoms with van der Waals surface area (Å²) in [5.74, 6) is 0.453. The van der Waals surface area contributed by atoms with Gasteiger partial charge in [0.1, 0.15) is 0 Å². The number of piperazine rings is 1. The summed E-state index contributed by atoms with van der Waals surface area (Å²) >= 11 is 0. The maximum Gasteiger partial charge on any atom is 0.409 e. The first-order valence-corrected chi connectivity index (χ1v) is 10.1. The summed E-state index contributed by atoms with van der Waals surface area (Å²) in [6.07, 6.45) is 5.35. The summed E-state index contributed by atoms with van der Waals surface area (Å²) in [5.41, 5.74) is 0. The lowest BCUT2D eigenvalue weighted by Gasteiger charge is -2.39. The van der Waals surface area contributed by atoms with Crippen LogP contribution in [0.25, 0.3) is 0 Å². The number of imide groups is 1. The standard InChI is InChI=1S/C19H31N3O4/c1-2-26-19(25)21-12-10-20(11-13-21)8-5-9-22-17(23)14-15-6-3-4-7-16(15)18(22)24/h15-16H,2-14H2,1H3. The number of fused-ring (bicyclic) bond motifs is 1. The molecule has 2 atom stereocenters. The summed E-state index contributed by atoms with van der Waals surface area (Å²) in [5, 5.41) is 0. The van der Waals surface area contributed by atoms with Crippen LogP contribution >= 0.6 is 0 Å². The summed E-state index contributed by atoms with van der Waals surface area (Å²) in [7, 11) is 0. The Kier molecular flexibility index (Phi) is 6.51. The van der Waals surface area contributed by atoms with E-state index in [0.717, 1.165) is 51.7 Å². The van der Waals surface area contributed by atoms with Crippen LogP contribution in [0.2, 0.25) is 0 Å². The van der Waals surface area contributed by atoms with Gasteiger partial charge in [-0.3, -0.25) is 19.4 Å². The molecule has 0 spiro atoms. The van der Waals surface area contributed by atoms with Crippen LogP contribution in [-0.4, -0.2) is 78.5 Å². The molecule has 2 heterocycles. The van der Waals surface area contributed by atoms with Crippen molar-refractivity contribution in [3.8, 4) is 0 Å². The molecule has 2 saturated heterocycles. The van der Waals surface area contributed by atoms with Crippen molar-refractivity contribution in [1.82, 2.24) is 14.7 Å². The van der Waals surface area contributed by atoms with Crippen LogP contribution < -0.4 is 0 Å². The molecule has 3 amide bonds. The summed E-state index contributed by atoms with van der Waals surface area (Å²) in [6, 6.07) is 0. The number of likely N-dealkylation sites (tertiary alicyclic amines) is 1. The van der Waals surface area contributed by atoms with E-state index >= 15 is 0 Å². The average molecular weight is 365 g/mol. The molecule has 7 nitrogen and oxygen atoms in total. The SMILES string of the molecule is CCOC(=O)N1CCN(CCCN2C(=O)CC3CCCCC3C2=O)CC1. The Morgan fingerprint density at radius 3 is 2.54 bits per heavy atom. The highest BCUT2D eigenvalue weighted by Gasteiger charge is 2.41. The second kappa shape index (κ2) is 8.84. The zero-order valence-electron chi connectivity index (χ0n) is 15.8. The number of carbonyl (C=O) groups is 3. The summed E-state index contributed by atoms with van der Waals surface area (Å²) < 4.78 is 5.03. The summed E-state index contributed by atoms with van der Waals surface area (Å²) in [4.78, 5) is 42.3. The first-order valence-electron chi connectivity index (χ1n) is 10.1. The minimum Gasteiger partial charge on any atom is -0.450 e. The number of nitrogens with zero attached hydrogens (tertiary/aromatic N) is 3. The van der Waals surface area contributed by atoms with Gasteiger partial charge in [0.05, 0.1) is 6.61 Å². The van der Waals surface area contributed by atoms with E-state index in [2.05, 4.69) is 4.90 Å². The molecule has 0 aromatic rings. The number of amides is 3. The molecule has 2 aliphatic heterocycles. The highest BCUT2D eigenvalue weighted by molar-refractivity contribution is 5.99. The van der Waals surface area contributed by atoms with E-state index < -0.39 is 0 Å². The van der Waals surface area contributed by atoms with Gasteiger partial charge in [-0.1, -0.05) is 12.8 Å². The monoisotopic (exact) mass is 365 g/mol. The first kappa shape index (κ1) is 19.1. The van der Waals surface area contributed by atoms with Gasteiger partial charge < -0.3 is 9.64 Å². The lowest BCUT2D eigenvalue weighted by Crippen LogP contribution is -2.51. The van der Waals surface area contributed by atoms with E-state index in [9.17, 15) is 14.4 Å². The number of piperidine rings is 1. The molecule has 2 unspecified atom stereocenters. The second-order valence-electron chi connectivity index (χ2n) is 7.62. The van der Waals surface area contributed by atoms with E-state index in [4.69, 9.17) is 4.74 Å². The topological polar surface area (TPSA) is 70.2 Å². The fourth-order valence-electron chi connectivity index (χ4n) is 4.49. The highest BCUT2D eigenvalue weighted by atomic mass is 16.6. The van der Waals surface area contributed by atoms with Gasteiger partial charge in [-0.2, -0.15) is 0 Å². The van der Waals surface area contributed by atoms with Crippen LogP contribution in [0.1, 0.15) is 45.4 Å². The second-order valence-corrected chi connectivity index (χ2v) is 7.62. The third kappa shape index (κ3) is 4.37. The van der Waals surface area contributed by atoms with Gasteiger partial charge in [0.2, 0.25) is 11.8 Å². The van der Waals surface area contributed by atoms with Crippen molar-refractivity contribution < 1.29 is 19.1 Å². The maximum absolute atomic E-state index is 12.7. The normalized spacial score (nSPS) is 27.4. The predicted octanol–water partition coefficient (Wildman–Crippen LogP) is 1.72. The molecular weight excluding hydrogens is 334 g/mol. The molecule has 0 bridgehead atoms. The Balaban J connectivity index is 1.40. The Hall–Kier alpha value is -1.63. The lowest BCUT2D eigenvalue weighted by molar-refractivity contribution is -0.156. The molecule has 3 fully saturated rings. The van der Waals surface area contributed by atoms with Crippen LogP contribution in [0.5, 0.6) is 0 Å². The largest absolute Gasteiger partial charge is 0.450 e. The van der Waals surface area contributed by atoms with E-state index in [-0.39, 0.29) is 29.7 Å². The fourth-order valence-corrected chi connectivity index (χ4v) is 4.49. The van der Waals surface area contributed by atoms with Gasteiger partial charge in [0.25, 0.3) is 0 Å². The molecule has 146 valence electrons. The van der Waals surface area contributed by atoms with Crippen LogP contribution in [0.15, 0.2) is 0 Å². The average Bonchev–Trinajstić information content (AvgIpc) is 2.65. The number of carbonyl (C=O) groups excluding carboxylic acids is 3. The van der Waals surface area contributed by atoms with E-state index in [1.807, 2.05) is 6.92 Å². The Bertz CT molecular complexity index is 531. The maximum atomic E-state index is 12.7. The molecule has 7 heteroatoms. The molecule has 0 aromatic heterocycles. The highest BCUT2D eigenvalue weighted by Crippen LogP contribution is 2.37. The minimum atomic E-state index is -0.237. The van der Waals surface area contributed by atoms with Crippen molar-refractivity contribution in [2.75, 3.05) is 45.9 Å². The first-order chi connectivity index (χ1) is 12.6. The van der Waals surface area contributed by atoms with Crippen molar-refractivity contribution in [2.45, 2.75) is 45.4 Å². The van der Waals surface area contributed by atoms with Crippen molar-refractivity contribution in [2.24, 2.45) is 11.8 Å². The summed E-state index contributed by atoms with van der Waals surface area (Å²) in [6.45, 7) is 6.55. The molecule has 0 radical (unpaired) electrons. The van der Waals surface area contributed by atoms with Gasteiger partial charge in [-0.05, 0) is 38.6 Å². The van der Waals surface area contributed by atoms with Crippen LogP contribution in [0.3, 0.4) is 0 Å². The smallest absolute Gasteiger partial charge is 0.409 e. The quantitative estimate of drug-likeness (QED) is 0.694. The van der Waals surface area contributed by atoms with Gasteiger partial charge in [0.15, 0.2) is 0 Å². The third-order valence-corrected chi connectivity index (χ3v) is 5.98. The zero-order chi connectivity index (χ0) is 18.5. The third-order valence-electron chi connectivity index (χ3n) is 5.98. The zero-order valence-corrected chi connectivity index (χ0v) is 15.8. The van der Waals surface area contributed by atoms with Crippen molar-refractivity contribution >= 4 is 17.9 Å². The van der Waals surface area contributed by atoms with Crippen molar-refractivity contribution in [3.05, 3.63) is 0 Å². The van der Waals surface area contributed by atoms with E-state index in [1.165, 1.54) is 4.90 Å². The number of hydrogen-bond acceptors (Lipinski definition) is 5. The number of rotatable bonds is 5. The van der Waals surface area contributed by atoms with Crippen LogP contribution in [0, 0.1) is 11.8 Å². The van der Waals surface area contributed by atoms with E-state index in [1.54, 1.807) is 4.90 Å². The van der Waals surface area contributed by atoms with Gasteiger partial charge in [0, 0.05) is 45.1 Å². The Labute approximate surface area is 155 Å². The van der Waals surface area contributed by atoms with Crippen molar-refractivity contribution in [3.63, 3.8) is 0 Å².